The van der Waals surface area contributed by atoms with Gasteiger partial charge in [-0.1, -0.05) is 36.4 Å². The van der Waals surface area contributed by atoms with Crippen LogP contribution in [0.15, 0.2) is 78.9 Å². The summed E-state index contributed by atoms with van der Waals surface area (Å²) in [6.45, 7) is 1.20. The first-order chi connectivity index (χ1) is 14.2. The number of amides is 2. The number of ether oxygens (including phenoxy) is 1. The first kappa shape index (κ1) is 18.7. The van der Waals surface area contributed by atoms with Gasteiger partial charge in [-0.2, -0.15) is 0 Å². The number of benzene rings is 3. The molecule has 4 rings (SSSR count). The maximum absolute atomic E-state index is 12.6. The van der Waals surface area contributed by atoms with Gasteiger partial charge in [0.2, 0.25) is 5.91 Å². The Morgan fingerprint density at radius 1 is 0.966 bits per heavy atom. The van der Waals surface area contributed by atoms with Crippen LogP contribution in [0, 0.1) is 0 Å². The lowest BCUT2D eigenvalue weighted by Crippen LogP contribution is -2.24. The molecule has 0 unspecified atom stereocenters. The first-order valence-electron chi connectivity index (χ1n) is 9.68. The van der Waals surface area contributed by atoms with Gasteiger partial charge in [0.15, 0.2) is 0 Å². The fourth-order valence-corrected chi connectivity index (χ4v) is 3.31. The third-order valence-corrected chi connectivity index (χ3v) is 4.85. The van der Waals surface area contributed by atoms with Gasteiger partial charge < -0.3 is 15.0 Å². The van der Waals surface area contributed by atoms with Gasteiger partial charge in [-0.25, -0.2) is 0 Å². The van der Waals surface area contributed by atoms with Gasteiger partial charge in [-0.15, -0.1) is 0 Å². The van der Waals surface area contributed by atoms with Gasteiger partial charge in [0, 0.05) is 29.9 Å². The fraction of sp³-hybridized carbons (Fsp3) is 0.167. The Kier molecular flexibility index (Phi) is 5.56. The van der Waals surface area contributed by atoms with Gasteiger partial charge >= 0.3 is 0 Å². The Hall–Kier alpha value is -3.60. The number of nitrogens with one attached hydrogen (secondary N) is 1. The van der Waals surface area contributed by atoms with Gasteiger partial charge in [0.25, 0.3) is 5.91 Å². The van der Waals surface area contributed by atoms with Crippen LogP contribution in [0.3, 0.4) is 0 Å². The summed E-state index contributed by atoms with van der Waals surface area (Å²) in [6, 6.07) is 24.4. The van der Waals surface area contributed by atoms with Crippen molar-refractivity contribution in [3.63, 3.8) is 0 Å². The Balaban J connectivity index is 1.38. The van der Waals surface area contributed by atoms with Crippen LogP contribution in [0.5, 0.6) is 5.75 Å². The van der Waals surface area contributed by atoms with Crippen LogP contribution < -0.4 is 15.0 Å². The highest BCUT2D eigenvalue weighted by atomic mass is 16.5. The zero-order chi connectivity index (χ0) is 20.1. The van der Waals surface area contributed by atoms with E-state index in [4.69, 9.17) is 4.74 Å². The molecular formula is C24H22N2O3. The molecule has 2 amide bonds. The second-order valence-corrected chi connectivity index (χ2v) is 6.95. The summed E-state index contributed by atoms with van der Waals surface area (Å²) in [4.78, 5) is 26.3. The highest BCUT2D eigenvalue weighted by molar-refractivity contribution is 6.05. The molecule has 1 N–H and O–H groups in total. The normalized spacial score (nSPS) is 13.4. The van der Waals surface area contributed by atoms with Crippen LogP contribution in [0.1, 0.15) is 28.8 Å². The molecule has 5 heteroatoms. The molecule has 1 fully saturated rings. The first-order valence-corrected chi connectivity index (χ1v) is 9.68. The van der Waals surface area contributed by atoms with Crippen LogP contribution in [0.25, 0.3) is 0 Å². The Morgan fingerprint density at radius 2 is 1.76 bits per heavy atom. The second-order valence-electron chi connectivity index (χ2n) is 6.95. The predicted octanol–water partition coefficient (Wildman–Crippen LogP) is 4.64. The summed E-state index contributed by atoms with van der Waals surface area (Å²) in [5.74, 6) is 0.631. The maximum atomic E-state index is 12.6. The summed E-state index contributed by atoms with van der Waals surface area (Å²) >= 11 is 0. The molecule has 0 radical (unpaired) electrons. The van der Waals surface area contributed by atoms with E-state index in [1.165, 1.54) is 0 Å². The number of hydrogen-bond donors (Lipinski definition) is 1. The van der Waals surface area contributed by atoms with Gasteiger partial charge in [-0.3, -0.25) is 9.59 Å². The van der Waals surface area contributed by atoms with E-state index in [0.717, 1.165) is 23.4 Å². The Morgan fingerprint density at radius 3 is 2.48 bits per heavy atom. The summed E-state index contributed by atoms with van der Waals surface area (Å²) in [6.07, 6.45) is 1.42. The molecule has 0 aliphatic carbocycles. The van der Waals surface area contributed by atoms with Crippen LogP contribution >= 0.6 is 0 Å². The van der Waals surface area contributed by atoms with Crippen LogP contribution in [0.2, 0.25) is 0 Å². The van der Waals surface area contributed by atoms with Crippen LogP contribution in [-0.2, 0) is 11.4 Å². The molecule has 0 saturated carbocycles. The van der Waals surface area contributed by atoms with E-state index >= 15 is 0 Å². The topological polar surface area (TPSA) is 58.6 Å². The summed E-state index contributed by atoms with van der Waals surface area (Å²) < 4.78 is 5.77. The minimum absolute atomic E-state index is 0.105. The lowest BCUT2D eigenvalue weighted by Gasteiger charge is -2.16. The van der Waals surface area contributed by atoms with E-state index < -0.39 is 0 Å². The largest absolute Gasteiger partial charge is 0.489 e. The van der Waals surface area contributed by atoms with E-state index in [9.17, 15) is 9.59 Å². The molecule has 0 atom stereocenters. The van der Waals surface area contributed by atoms with Crippen molar-refractivity contribution in [3.05, 3.63) is 90.0 Å². The van der Waals surface area contributed by atoms with Gasteiger partial charge in [0.1, 0.15) is 12.4 Å². The molecule has 3 aromatic carbocycles. The van der Waals surface area contributed by atoms with Gasteiger partial charge in [-0.05, 0) is 54.4 Å². The molecule has 3 aromatic rings. The smallest absolute Gasteiger partial charge is 0.255 e. The van der Waals surface area contributed by atoms with Crippen molar-refractivity contribution in [1.29, 1.82) is 0 Å². The lowest BCUT2D eigenvalue weighted by atomic mass is 10.1. The Bertz CT molecular complexity index is 1000. The van der Waals surface area contributed by atoms with Crippen LogP contribution in [0.4, 0.5) is 11.4 Å². The third kappa shape index (κ3) is 4.63. The van der Waals surface area contributed by atoms with Crippen molar-refractivity contribution in [3.8, 4) is 5.75 Å². The second kappa shape index (κ2) is 8.61. The van der Waals surface area contributed by atoms with Crippen LogP contribution in [-0.4, -0.2) is 18.4 Å². The molecule has 146 valence electrons. The number of carbonyl (C=O) groups excluding carboxylic acids is 2. The number of carbonyl (C=O) groups is 2. The van der Waals surface area contributed by atoms with E-state index in [-0.39, 0.29) is 11.8 Å². The SMILES string of the molecule is O=C(Nc1ccc(OCc2ccccc2)cc1)c1cccc(N2CCCC2=O)c1. The van der Waals surface area contributed by atoms with Crippen molar-refractivity contribution < 1.29 is 14.3 Å². The number of hydrogen-bond acceptors (Lipinski definition) is 3. The molecule has 1 aliphatic heterocycles. The maximum Gasteiger partial charge on any atom is 0.255 e. The average molecular weight is 386 g/mol. The van der Waals surface area contributed by atoms with Crippen molar-refractivity contribution in [2.24, 2.45) is 0 Å². The zero-order valence-corrected chi connectivity index (χ0v) is 16.0. The monoisotopic (exact) mass is 386 g/mol. The van der Waals surface area contributed by atoms with Crippen molar-refractivity contribution in [2.45, 2.75) is 19.4 Å². The summed E-state index contributed by atoms with van der Waals surface area (Å²) in [5, 5.41) is 2.89. The third-order valence-electron chi connectivity index (χ3n) is 4.85. The standard InChI is InChI=1S/C24H22N2O3/c27-23-10-5-15-26(23)21-9-4-8-19(16-21)24(28)25-20-11-13-22(14-12-20)29-17-18-6-2-1-3-7-18/h1-4,6-9,11-14,16H,5,10,15,17H2,(H,25,28). The summed E-state index contributed by atoms with van der Waals surface area (Å²) in [7, 11) is 0. The lowest BCUT2D eigenvalue weighted by molar-refractivity contribution is -0.117. The highest BCUT2D eigenvalue weighted by Crippen LogP contribution is 2.23. The van der Waals surface area contributed by atoms with E-state index in [1.54, 1.807) is 23.1 Å². The predicted molar refractivity (Wildman–Crippen MR) is 113 cm³/mol. The highest BCUT2D eigenvalue weighted by Gasteiger charge is 2.22. The number of anilines is 2. The minimum Gasteiger partial charge on any atom is -0.489 e. The fourth-order valence-electron chi connectivity index (χ4n) is 3.31. The van der Waals surface area contributed by atoms with E-state index in [0.29, 0.717) is 30.8 Å². The molecule has 0 spiro atoms. The molecule has 5 nitrogen and oxygen atoms in total. The molecular weight excluding hydrogens is 364 g/mol. The molecule has 1 saturated heterocycles. The van der Waals surface area contributed by atoms with E-state index in [1.807, 2.05) is 60.7 Å². The molecule has 29 heavy (non-hydrogen) atoms. The number of nitrogens with zero attached hydrogens (tertiary/aromatic N) is 1. The molecule has 0 bridgehead atoms. The summed E-state index contributed by atoms with van der Waals surface area (Å²) in [5.41, 5.74) is 3.07. The number of rotatable bonds is 6. The molecule has 0 aromatic heterocycles. The molecule has 1 aliphatic rings. The van der Waals surface area contributed by atoms with Gasteiger partial charge in [0.05, 0.1) is 0 Å². The zero-order valence-electron chi connectivity index (χ0n) is 16.0. The quantitative estimate of drug-likeness (QED) is 0.671. The Labute approximate surface area is 169 Å². The van der Waals surface area contributed by atoms with Crippen molar-refractivity contribution >= 4 is 23.2 Å². The molecule has 1 heterocycles. The van der Waals surface area contributed by atoms with E-state index in [2.05, 4.69) is 5.32 Å². The van der Waals surface area contributed by atoms with Crippen molar-refractivity contribution in [1.82, 2.24) is 0 Å². The minimum atomic E-state index is -0.212. The van der Waals surface area contributed by atoms with Crippen molar-refractivity contribution in [2.75, 3.05) is 16.8 Å². The average Bonchev–Trinajstić information content (AvgIpc) is 3.20.